The maximum Gasteiger partial charge on any atom is 0.490 e. The van der Waals surface area contributed by atoms with Gasteiger partial charge < -0.3 is 15.4 Å². The van der Waals surface area contributed by atoms with Gasteiger partial charge in [0.25, 0.3) is 0 Å². The fourth-order valence-corrected chi connectivity index (χ4v) is 5.49. The summed E-state index contributed by atoms with van der Waals surface area (Å²) in [4.78, 5) is 0. The zero-order valence-corrected chi connectivity index (χ0v) is 20.9. The van der Waals surface area contributed by atoms with E-state index in [1.807, 2.05) is 30.3 Å². The van der Waals surface area contributed by atoms with Crippen molar-refractivity contribution in [3.63, 3.8) is 0 Å². The van der Waals surface area contributed by atoms with Gasteiger partial charge in [0.05, 0.1) is 0 Å². The van der Waals surface area contributed by atoms with Gasteiger partial charge in [-0.2, -0.15) is 0 Å². The molecule has 0 spiro atoms. The highest BCUT2D eigenvalue weighted by molar-refractivity contribution is 6.60. The van der Waals surface area contributed by atoms with Gasteiger partial charge in [-0.1, -0.05) is 111 Å². The predicted molar refractivity (Wildman–Crippen MR) is 154 cm³/mol. The van der Waals surface area contributed by atoms with Crippen molar-refractivity contribution in [2.45, 2.75) is 19.3 Å². The average Bonchev–Trinajstić information content (AvgIpc) is 3.15. The van der Waals surface area contributed by atoms with Crippen LogP contribution in [0.2, 0.25) is 0 Å². The molecule has 0 fully saturated rings. The number of hydrogen-bond acceptors (Lipinski definition) is 3. The Morgan fingerprint density at radius 1 is 0.568 bits per heavy atom. The topological polar surface area (TPSA) is 52.5 Å². The Morgan fingerprint density at radius 3 is 1.89 bits per heavy atom. The molecule has 0 radical (unpaired) electrons. The van der Waals surface area contributed by atoms with Gasteiger partial charge in [0.1, 0.15) is 0 Å². The molecule has 5 aromatic rings. The third kappa shape index (κ3) is 4.15. The molecule has 0 atom stereocenters. The van der Waals surface area contributed by atoms with Gasteiger partial charge in [0, 0.05) is 22.3 Å². The van der Waals surface area contributed by atoms with Crippen LogP contribution in [0.25, 0.3) is 33.4 Å². The summed E-state index contributed by atoms with van der Waals surface area (Å²) in [6, 6.07) is 39.4. The summed E-state index contributed by atoms with van der Waals surface area (Å²) < 4.78 is 0. The van der Waals surface area contributed by atoms with Crippen molar-refractivity contribution in [2.75, 3.05) is 5.32 Å². The molecule has 1 aliphatic carbocycles. The molecule has 3 N–H and O–H groups in total. The van der Waals surface area contributed by atoms with Crippen LogP contribution < -0.4 is 10.8 Å². The van der Waals surface area contributed by atoms with Crippen molar-refractivity contribution in [3.8, 4) is 33.4 Å². The molecule has 0 saturated carbocycles. The van der Waals surface area contributed by atoms with Gasteiger partial charge >= 0.3 is 7.12 Å². The second kappa shape index (κ2) is 9.08. The molecule has 5 aromatic carbocycles. The van der Waals surface area contributed by atoms with Crippen LogP contribution in [-0.2, 0) is 5.41 Å². The standard InChI is InChI=1S/C33H28BNO2/c1-33(2)29-11-7-6-10-27(29)28-18-17-26(21-30(28)33)35-32-20-25(16-19-31(32)34(36)37)24-14-12-23(13-15-24)22-8-4-3-5-9-22/h3-21,35-37H,1-2H3. The van der Waals surface area contributed by atoms with Crippen molar-refractivity contribution in [1.82, 2.24) is 0 Å². The minimum atomic E-state index is -1.58. The van der Waals surface area contributed by atoms with Gasteiger partial charge in [-0.05, 0) is 62.7 Å². The van der Waals surface area contributed by atoms with E-state index in [-0.39, 0.29) is 5.41 Å². The maximum atomic E-state index is 10.1. The van der Waals surface area contributed by atoms with Crippen LogP contribution >= 0.6 is 0 Å². The molecule has 0 bridgehead atoms. The van der Waals surface area contributed by atoms with Crippen molar-refractivity contribution in [3.05, 3.63) is 126 Å². The van der Waals surface area contributed by atoms with Crippen LogP contribution in [0.15, 0.2) is 115 Å². The van der Waals surface area contributed by atoms with Crippen molar-refractivity contribution in [1.29, 1.82) is 0 Å². The predicted octanol–water partition coefficient (Wildman–Crippen LogP) is 6.75. The zero-order valence-electron chi connectivity index (χ0n) is 20.9. The van der Waals surface area contributed by atoms with Crippen molar-refractivity contribution < 1.29 is 10.0 Å². The first kappa shape index (κ1) is 23.3. The molecule has 37 heavy (non-hydrogen) atoms. The fourth-order valence-electron chi connectivity index (χ4n) is 5.49. The molecule has 6 rings (SSSR count). The summed E-state index contributed by atoms with van der Waals surface area (Å²) in [5.41, 5.74) is 11.4. The molecule has 3 nitrogen and oxygen atoms in total. The lowest BCUT2D eigenvalue weighted by atomic mass is 9.78. The third-order valence-corrected chi connectivity index (χ3v) is 7.52. The Labute approximate surface area is 218 Å². The first-order chi connectivity index (χ1) is 17.9. The summed E-state index contributed by atoms with van der Waals surface area (Å²) in [7, 11) is -1.58. The lowest BCUT2D eigenvalue weighted by Crippen LogP contribution is -2.31. The normalized spacial score (nSPS) is 13.1. The monoisotopic (exact) mass is 481 g/mol. The summed E-state index contributed by atoms with van der Waals surface area (Å²) in [5, 5.41) is 23.6. The SMILES string of the molecule is CC1(C)c2ccccc2-c2ccc(Nc3cc(-c4ccc(-c5ccccc5)cc4)ccc3B(O)O)cc21. The largest absolute Gasteiger partial charge is 0.490 e. The molecule has 4 heteroatoms. The van der Waals surface area contributed by atoms with Gasteiger partial charge in [0.2, 0.25) is 0 Å². The minimum Gasteiger partial charge on any atom is -0.423 e. The molecule has 0 aromatic heterocycles. The Hall–Kier alpha value is -4.12. The number of anilines is 2. The molecular formula is C33H28BNO2. The lowest BCUT2D eigenvalue weighted by molar-refractivity contribution is 0.426. The van der Waals surface area contributed by atoms with E-state index in [0.29, 0.717) is 11.2 Å². The fraction of sp³-hybridized carbons (Fsp3) is 0.0909. The lowest BCUT2D eigenvalue weighted by Gasteiger charge is -2.22. The van der Waals surface area contributed by atoms with Crippen LogP contribution in [0.4, 0.5) is 11.4 Å². The Morgan fingerprint density at radius 2 is 1.16 bits per heavy atom. The van der Waals surface area contributed by atoms with E-state index in [0.717, 1.165) is 22.4 Å². The summed E-state index contributed by atoms with van der Waals surface area (Å²) in [6.07, 6.45) is 0. The van der Waals surface area contributed by atoms with E-state index in [4.69, 9.17) is 0 Å². The third-order valence-electron chi connectivity index (χ3n) is 7.52. The summed E-state index contributed by atoms with van der Waals surface area (Å²) in [6.45, 7) is 4.51. The number of hydrogen-bond donors (Lipinski definition) is 3. The van der Waals surface area contributed by atoms with E-state index in [1.54, 1.807) is 6.07 Å². The van der Waals surface area contributed by atoms with Crippen LogP contribution in [0.5, 0.6) is 0 Å². The molecule has 0 heterocycles. The molecule has 0 unspecified atom stereocenters. The highest BCUT2D eigenvalue weighted by Gasteiger charge is 2.35. The quantitative estimate of drug-likeness (QED) is 0.244. The van der Waals surface area contributed by atoms with E-state index in [9.17, 15) is 10.0 Å². The van der Waals surface area contributed by atoms with E-state index in [2.05, 4.69) is 98.0 Å². The first-order valence-electron chi connectivity index (χ1n) is 12.6. The smallest absolute Gasteiger partial charge is 0.423 e. The first-order valence-corrected chi connectivity index (χ1v) is 12.6. The summed E-state index contributed by atoms with van der Waals surface area (Å²) in [5.74, 6) is 0. The Kier molecular flexibility index (Phi) is 5.71. The Bertz CT molecular complexity index is 1590. The van der Waals surface area contributed by atoms with Gasteiger partial charge in [-0.15, -0.1) is 0 Å². The highest BCUT2D eigenvalue weighted by atomic mass is 16.4. The average molecular weight is 481 g/mol. The van der Waals surface area contributed by atoms with Gasteiger partial charge in [-0.3, -0.25) is 0 Å². The molecule has 0 saturated heterocycles. The van der Waals surface area contributed by atoms with Crippen LogP contribution in [-0.4, -0.2) is 17.2 Å². The maximum absolute atomic E-state index is 10.1. The van der Waals surface area contributed by atoms with Crippen LogP contribution in [0, 0.1) is 0 Å². The van der Waals surface area contributed by atoms with Gasteiger partial charge in [-0.25, -0.2) is 0 Å². The van der Waals surface area contributed by atoms with E-state index < -0.39 is 7.12 Å². The number of nitrogens with one attached hydrogen (secondary N) is 1. The number of benzene rings is 5. The van der Waals surface area contributed by atoms with Crippen molar-refractivity contribution in [2.24, 2.45) is 0 Å². The van der Waals surface area contributed by atoms with Gasteiger partial charge in [0.15, 0.2) is 0 Å². The molecule has 1 aliphatic rings. The van der Waals surface area contributed by atoms with Crippen LogP contribution in [0.1, 0.15) is 25.0 Å². The van der Waals surface area contributed by atoms with Crippen LogP contribution in [0.3, 0.4) is 0 Å². The second-order valence-corrected chi connectivity index (χ2v) is 10.2. The number of rotatable bonds is 5. The molecule has 0 amide bonds. The second-order valence-electron chi connectivity index (χ2n) is 10.2. The van der Waals surface area contributed by atoms with Crippen molar-refractivity contribution >= 4 is 24.0 Å². The summed E-state index contributed by atoms with van der Waals surface area (Å²) >= 11 is 0. The molecule has 0 aliphatic heterocycles. The Balaban J connectivity index is 1.34. The highest BCUT2D eigenvalue weighted by Crippen LogP contribution is 2.49. The number of fused-ring (bicyclic) bond motifs is 3. The molecular weight excluding hydrogens is 453 g/mol. The minimum absolute atomic E-state index is 0.106. The molecule has 180 valence electrons. The van der Waals surface area contributed by atoms with E-state index >= 15 is 0 Å². The van der Waals surface area contributed by atoms with E-state index in [1.165, 1.54) is 27.8 Å². The zero-order chi connectivity index (χ0) is 25.6.